The van der Waals surface area contributed by atoms with E-state index in [1.54, 1.807) is 0 Å². The summed E-state index contributed by atoms with van der Waals surface area (Å²) in [5, 5.41) is 0. The molecule has 0 rings (SSSR count). The Morgan fingerprint density at radius 3 is 1.43 bits per heavy atom. The summed E-state index contributed by atoms with van der Waals surface area (Å²) in [5.74, 6) is 0. The molecule has 5 nitrogen and oxygen atoms in total. The molecule has 21 heavy (non-hydrogen) atoms. The van der Waals surface area contributed by atoms with Crippen LogP contribution in [0.4, 0.5) is 0 Å². The van der Waals surface area contributed by atoms with Gasteiger partial charge in [-0.15, -0.1) is 0 Å². The van der Waals surface area contributed by atoms with Gasteiger partial charge >= 0.3 is 51.4 Å². The van der Waals surface area contributed by atoms with Crippen molar-refractivity contribution in [2.75, 3.05) is 6.61 Å². The second-order valence-corrected chi connectivity index (χ2v) is 6.17. The van der Waals surface area contributed by atoms with Gasteiger partial charge in [0.1, 0.15) is 0 Å². The molecule has 0 spiro atoms. The fraction of sp³-hybridized carbons (Fsp3) is 1.00. The monoisotopic (exact) mass is 350 g/mol. The average Bonchev–Trinajstić information content (AvgIpc) is 2.34. The maximum Gasteiger partial charge on any atom is 1.00 e. The second kappa shape index (κ2) is 19.5. The molecule has 0 fully saturated rings. The van der Waals surface area contributed by atoms with Gasteiger partial charge in [0.2, 0.25) is 10.4 Å². The Morgan fingerprint density at radius 2 is 1.10 bits per heavy atom. The summed E-state index contributed by atoms with van der Waals surface area (Å²) < 4.78 is 34.6. The summed E-state index contributed by atoms with van der Waals surface area (Å²) in [6.45, 7) is 2.26. The molecule has 0 atom stereocenters. The van der Waals surface area contributed by atoms with Crippen LogP contribution in [0.25, 0.3) is 0 Å². The van der Waals surface area contributed by atoms with Crippen molar-refractivity contribution >= 4 is 10.4 Å². The minimum atomic E-state index is -4.49. The van der Waals surface area contributed by atoms with Gasteiger partial charge in [-0.25, -0.2) is 8.42 Å². The van der Waals surface area contributed by atoms with Crippen molar-refractivity contribution in [2.45, 2.75) is 84.0 Å². The zero-order valence-electron chi connectivity index (χ0n) is 13.7. The first-order valence-corrected chi connectivity index (χ1v) is 9.00. The van der Waals surface area contributed by atoms with E-state index in [0.717, 1.165) is 12.8 Å². The first-order chi connectivity index (χ1) is 9.06. The van der Waals surface area contributed by atoms with E-state index < -0.39 is 10.4 Å². The van der Waals surface area contributed by atoms with E-state index in [4.69, 9.17) is 0 Å². The molecule has 0 aromatic heterocycles. The first-order valence-electron chi connectivity index (χ1n) is 7.66. The molecule has 0 aliphatic rings. The Morgan fingerprint density at radius 1 is 0.762 bits per heavy atom. The average molecular weight is 351 g/mol. The van der Waals surface area contributed by atoms with Crippen molar-refractivity contribution in [1.82, 2.24) is 0 Å². The van der Waals surface area contributed by atoms with Crippen molar-refractivity contribution in [3.05, 3.63) is 0 Å². The Labute approximate surface area is 173 Å². The van der Waals surface area contributed by atoms with Crippen LogP contribution < -0.4 is 51.4 Å². The first kappa shape index (κ1) is 27.3. The van der Waals surface area contributed by atoms with Crippen molar-refractivity contribution in [1.29, 1.82) is 0 Å². The Hall–Kier alpha value is 1.47. The van der Waals surface area contributed by atoms with Crippen LogP contribution in [0, 0.1) is 0 Å². The van der Waals surface area contributed by atoms with E-state index in [9.17, 15) is 13.0 Å². The quantitative estimate of drug-likeness (QED) is 0.195. The summed E-state index contributed by atoms with van der Waals surface area (Å²) in [6, 6.07) is 0. The predicted octanol–water partition coefficient (Wildman–Crippen LogP) is 0.344. The van der Waals surface area contributed by atoms with Crippen molar-refractivity contribution in [3.8, 4) is 0 Å². The van der Waals surface area contributed by atoms with Crippen molar-refractivity contribution < 1.29 is 74.0 Å². The van der Waals surface area contributed by atoms with Gasteiger partial charge in [-0.05, 0) is 6.42 Å². The third-order valence-corrected chi connectivity index (χ3v) is 3.68. The van der Waals surface area contributed by atoms with Crippen LogP contribution in [-0.4, -0.2) is 25.1 Å². The van der Waals surface area contributed by atoms with Gasteiger partial charge in [0.15, 0.2) is 0 Å². The van der Waals surface area contributed by atoms with Gasteiger partial charge in [-0.2, -0.15) is 0 Å². The summed E-state index contributed by atoms with van der Waals surface area (Å²) >= 11 is 0. The normalized spacial score (nSPS) is 10.8. The molecule has 0 unspecified atom stereocenters. The van der Waals surface area contributed by atoms with Gasteiger partial charge in [0.05, 0.1) is 6.61 Å². The van der Waals surface area contributed by atoms with Gasteiger partial charge in [0.25, 0.3) is 0 Å². The van der Waals surface area contributed by atoms with E-state index in [1.165, 1.54) is 57.8 Å². The molecule has 0 aromatic rings. The third-order valence-electron chi connectivity index (χ3n) is 3.23. The molecule has 7 heteroatoms. The third kappa shape index (κ3) is 26.7. The standard InChI is InChI=1S/C14H30O4S.K.H2O/c1-2-3-4-5-6-7-8-9-10-11-12-13-14-18-19(15,16)17;;/h2-14H2,1H3,(H,15,16,17);;1H2/q;+1;/p-1. The molecule has 0 aliphatic heterocycles. The van der Waals surface area contributed by atoms with E-state index >= 15 is 0 Å². The van der Waals surface area contributed by atoms with Gasteiger partial charge < -0.3 is 10.0 Å². The molecule has 0 saturated heterocycles. The van der Waals surface area contributed by atoms with Crippen LogP contribution in [-0.2, 0) is 14.6 Å². The fourth-order valence-corrected chi connectivity index (χ4v) is 2.43. The Bertz CT molecular complexity index is 283. The maximum absolute atomic E-state index is 10.2. The summed E-state index contributed by atoms with van der Waals surface area (Å²) in [5.41, 5.74) is 0. The van der Waals surface area contributed by atoms with Gasteiger partial charge in [-0.3, -0.25) is 4.18 Å². The van der Waals surface area contributed by atoms with Crippen LogP contribution in [0.1, 0.15) is 84.0 Å². The van der Waals surface area contributed by atoms with Crippen LogP contribution >= 0.6 is 0 Å². The molecule has 2 N–H and O–H groups in total. The number of unbranched alkanes of at least 4 members (excludes halogenated alkanes) is 11. The van der Waals surface area contributed by atoms with E-state index in [0.29, 0.717) is 6.42 Å². The molecule has 0 radical (unpaired) electrons. The molecule has 124 valence electrons. The summed E-state index contributed by atoms with van der Waals surface area (Å²) in [4.78, 5) is 0. The molecule has 0 amide bonds. The minimum Gasteiger partial charge on any atom is -0.726 e. The number of hydrogen-bond donors (Lipinski definition) is 0. The van der Waals surface area contributed by atoms with Crippen molar-refractivity contribution in [3.63, 3.8) is 0 Å². The molecular formula is C14H31KO5S. The smallest absolute Gasteiger partial charge is 0.726 e. The van der Waals surface area contributed by atoms with Crippen molar-refractivity contribution in [2.24, 2.45) is 0 Å². The van der Waals surface area contributed by atoms with E-state index in [1.807, 2.05) is 0 Å². The van der Waals surface area contributed by atoms with Crippen LogP contribution in [0.15, 0.2) is 0 Å². The Balaban J connectivity index is -0.00000162. The summed E-state index contributed by atoms with van der Waals surface area (Å²) in [6.07, 6.45) is 14.5. The molecule has 0 aliphatic carbocycles. The molecule has 0 bridgehead atoms. The zero-order valence-corrected chi connectivity index (χ0v) is 17.7. The number of hydrogen-bond acceptors (Lipinski definition) is 4. The largest absolute Gasteiger partial charge is 1.00 e. The van der Waals surface area contributed by atoms with E-state index in [2.05, 4.69) is 11.1 Å². The van der Waals surface area contributed by atoms with Gasteiger partial charge in [-0.1, -0.05) is 77.6 Å². The van der Waals surface area contributed by atoms with Crippen LogP contribution in [0.2, 0.25) is 0 Å². The van der Waals surface area contributed by atoms with Crippen LogP contribution in [0.3, 0.4) is 0 Å². The fourth-order valence-electron chi connectivity index (χ4n) is 2.10. The summed E-state index contributed by atoms with van der Waals surface area (Å²) in [7, 11) is -4.49. The van der Waals surface area contributed by atoms with E-state index in [-0.39, 0.29) is 63.5 Å². The molecule has 0 aromatic carbocycles. The predicted molar refractivity (Wildman–Crippen MR) is 80.3 cm³/mol. The topological polar surface area (TPSA) is 97.9 Å². The Kier molecular flexibility index (Phi) is 25.4. The second-order valence-electron chi connectivity index (χ2n) is 5.12. The zero-order chi connectivity index (χ0) is 14.4. The maximum atomic E-state index is 10.2. The minimum absolute atomic E-state index is 0. The van der Waals surface area contributed by atoms with Crippen LogP contribution in [0.5, 0.6) is 0 Å². The molecular weight excluding hydrogens is 319 g/mol. The molecule has 0 heterocycles. The van der Waals surface area contributed by atoms with Gasteiger partial charge in [0, 0.05) is 0 Å². The number of rotatable bonds is 14. The SMILES string of the molecule is CCCCCCCCCCCCCCOS(=O)(=O)[O-].O.[K+]. The molecule has 0 saturated carbocycles.